The van der Waals surface area contributed by atoms with Gasteiger partial charge in [-0.25, -0.2) is 9.97 Å². The summed E-state index contributed by atoms with van der Waals surface area (Å²) in [5, 5.41) is 3.44. The number of hydrogen-bond acceptors (Lipinski definition) is 4. The van der Waals surface area contributed by atoms with Crippen molar-refractivity contribution in [1.29, 1.82) is 0 Å². The summed E-state index contributed by atoms with van der Waals surface area (Å²) >= 11 is 0. The van der Waals surface area contributed by atoms with Crippen LogP contribution in [0.5, 0.6) is 0 Å². The Morgan fingerprint density at radius 3 is 2.59 bits per heavy atom. The fraction of sp³-hybridized carbons (Fsp3) is 0.692. The molecule has 0 spiro atoms. The zero-order valence-corrected chi connectivity index (χ0v) is 10.5. The molecule has 0 amide bonds. The molecule has 1 aliphatic carbocycles. The lowest BCUT2D eigenvalue weighted by molar-refractivity contribution is 0.318. The van der Waals surface area contributed by atoms with Crippen molar-refractivity contribution in [1.82, 2.24) is 9.97 Å². The Balaban J connectivity index is 1.79. The van der Waals surface area contributed by atoms with E-state index in [4.69, 9.17) is 5.73 Å². The van der Waals surface area contributed by atoms with Crippen LogP contribution in [0.15, 0.2) is 12.4 Å². The number of nitrogens with two attached hydrogens (primary N) is 1. The molecule has 0 atom stereocenters. The van der Waals surface area contributed by atoms with Gasteiger partial charge in [-0.05, 0) is 31.6 Å². The quantitative estimate of drug-likeness (QED) is 0.840. The zero-order chi connectivity index (χ0) is 12.1. The molecule has 94 valence electrons. The molecular weight excluding hydrogens is 212 g/mol. The maximum atomic E-state index is 5.51. The summed E-state index contributed by atoms with van der Waals surface area (Å²) in [4.78, 5) is 8.27. The Morgan fingerprint density at radius 2 is 2.00 bits per heavy atom. The van der Waals surface area contributed by atoms with Crippen molar-refractivity contribution < 1.29 is 0 Å². The molecule has 1 saturated carbocycles. The maximum absolute atomic E-state index is 5.51. The van der Waals surface area contributed by atoms with E-state index in [2.05, 4.69) is 22.2 Å². The summed E-state index contributed by atoms with van der Waals surface area (Å²) in [7, 11) is 0. The number of hydrogen-bond donors (Lipinski definition) is 2. The molecule has 1 aromatic heterocycles. The van der Waals surface area contributed by atoms with Crippen LogP contribution < -0.4 is 11.1 Å². The second-order valence-corrected chi connectivity index (χ2v) is 4.98. The topological polar surface area (TPSA) is 63.8 Å². The van der Waals surface area contributed by atoms with E-state index in [1.54, 1.807) is 12.4 Å². The monoisotopic (exact) mass is 234 g/mol. The summed E-state index contributed by atoms with van der Waals surface area (Å²) in [5.74, 6) is 2.26. The lowest BCUT2D eigenvalue weighted by atomic mass is 9.83. The van der Waals surface area contributed by atoms with Gasteiger partial charge < -0.3 is 11.1 Å². The van der Waals surface area contributed by atoms with Crippen LogP contribution in [0, 0.1) is 5.92 Å². The molecule has 1 aliphatic rings. The van der Waals surface area contributed by atoms with Crippen LogP contribution in [-0.2, 0) is 0 Å². The van der Waals surface area contributed by atoms with E-state index in [1.165, 1.54) is 38.5 Å². The predicted octanol–water partition coefficient (Wildman–Crippen LogP) is 2.83. The first kappa shape index (κ1) is 12.1. The summed E-state index contributed by atoms with van der Waals surface area (Å²) < 4.78 is 0. The van der Waals surface area contributed by atoms with Gasteiger partial charge in [-0.2, -0.15) is 0 Å². The normalized spacial score (nSPS) is 24.5. The molecule has 1 heterocycles. The maximum Gasteiger partial charge on any atom is 0.144 e. The Hall–Kier alpha value is -1.32. The number of rotatable bonds is 4. The van der Waals surface area contributed by atoms with Crippen molar-refractivity contribution in [3.63, 3.8) is 0 Å². The van der Waals surface area contributed by atoms with Crippen LogP contribution in [0.4, 0.5) is 11.6 Å². The molecule has 0 unspecified atom stereocenters. The first-order valence-electron chi connectivity index (χ1n) is 6.62. The highest BCUT2D eigenvalue weighted by Crippen LogP contribution is 2.29. The summed E-state index contributed by atoms with van der Waals surface area (Å²) in [6.07, 6.45) is 11.2. The molecule has 1 aromatic rings. The lowest BCUT2D eigenvalue weighted by Gasteiger charge is -2.29. The second-order valence-electron chi connectivity index (χ2n) is 4.98. The van der Waals surface area contributed by atoms with Gasteiger partial charge in [0.15, 0.2) is 0 Å². The van der Waals surface area contributed by atoms with Crippen molar-refractivity contribution in [2.75, 3.05) is 11.1 Å². The molecule has 1 fully saturated rings. The third kappa shape index (κ3) is 3.58. The van der Waals surface area contributed by atoms with E-state index >= 15 is 0 Å². The van der Waals surface area contributed by atoms with E-state index in [0.717, 1.165) is 11.7 Å². The average Bonchev–Trinajstić information content (AvgIpc) is 2.35. The molecule has 0 radical (unpaired) electrons. The molecule has 4 nitrogen and oxygen atoms in total. The van der Waals surface area contributed by atoms with Gasteiger partial charge in [-0.15, -0.1) is 0 Å². The van der Waals surface area contributed by atoms with Crippen molar-refractivity contribution >= 4 is 11.6 Å². The van der Waals surface area contributed by atoms with Crippen LogP contribution in [-0.4, -0.2) is 16.0 Å². The van der Waals surface area contributed by atoms with Crippen LogP contribution in [0.25, 0.3) is 0 Å². The Kier molecular flexibility index (Phi) is 4.18. The predicted molar refractivity (Wildman–Crippen MR) is 70.7 cm³/mol. The van der Waals surface area contributed by atoms with E-state index in [1.807, 2.05) is 0 Å². The zero-order valence-electron chi connectivity index (χ0n) is 10.5. The fourth-order valence-corrected chi connectivity index (χ4v) is 2.63. The molecule has 0 aromatic carbocycles. The molecule has 4 heteroatoms. The van der Waals surface area contributed by atoms with E-state index in [0.29, 0.717) is 11.9 Å². The minimum Gasteiger partial charge on any atom is -0.382 e. The molecule has 0 aliphatic heterocycles. The molecule has 0 bridgehead atoms. The third-order valence-electron chi connectivity index (χ3n) is 3.57. The van der Waals surface area contributed by atoms with Crippen LogP contribution in [0.1, 0.15) is 45.4 Å². The average molecular weight is 234 g/mol. The number of nitrogens with one attached hydrogen (secondary N) is 1. The molecule has 2 rings (SSSR count). The summed E-state index contributed by atoms with van der Waals surface area (Å²) in [6.45, 7) is 2.27. The first-order valence-corrected chi connectivity index (χ1v) is 6.62. The molecule has 3 N–H and O–H groups in total. The highest BCUT2D eigenvalue weighted by atomic mass is 15.0. The highest BCUT2D eigenvalue weighted by Gasteiger charge is 2.20. The van der Waals surface area contributed by atoms with Crippen LogP contribution >= 0.6 is 0 Å². The van der Waals surface area contributed by atoms with Gasteiger partial charge in [0.2, 0.25) is 0 Å². The van der Waals surface area contributed by atoms with Gasteiger partial charge in [0.05, 0.1) is 12.4 Å². The molecule has 17 heavy (non-hydrogen) atoms. The standard InChI is InChI=1S/C13H22N4/c1-2-3-10-4-6-11(7-5-10)17-13-9-15-12(14)8-16-13/h8-11H,2-7H2,1H3,(H2,14,15)(H,16,17). The van der Waals surface area contributed by atoms with Crippen molar-refractivity contribution in [2.45, 2.75) is 51.5 Å². The third-order valence-corrected chi connectivity index (χ3v) is 3.57. The summed E-state index contributed by atoms with van der Waals surface area (Å²) in [5.41, 5.74) is 5.51. The van der Waals surface area contributed by atoms with E-state index in [9.17, 15) is 0 Å². The number of nitrogen functional groups attached to an aromatic ring is 1. The first-order chi connectivity index (χ1) is 8.28. The molecule has 0 saturated heterocycles. The Morgan fingerprint density at radius 1 is 1.24 bits per heavy atom. The van der Waals surface area contributed by atoms with Gasteiger partial charge in [-0.1, -0.05) is 19.8 Å². The van der Waals surface area contributed by atoms with Gasteiger partial charge in [0, 0.05) is 6.04 Å². The van der Waals surface area contributed by atoms with Gasteiger partial charge in [0.25, 0.3) is 0 Å². The number of nitrogens with zero attached hydrogens (tertiary/aromatic N) is 2. The van der Waals surface area contributed by atoms with Crippen LogP contribution in [0.3, 0.4) is 0 Å². The Labute approximate surface area is 103 Å². The minimum absolute atomic E-state index is 0.474. The smallest absolute Gasteiger partial charge is 0.144 e. The minimum atomic E-state index is 0.474. The van der Waals surface area contributed by atoms with Gasteiger partial charge in [0.1, 0.15) is 11.6 Å². The van der Waals surface area contributed by atoms with Gasteiger partial charge >= 0.3 is 0 Å². The number of aromatic nitrogens is 2. The molecular formula is C13H22N4. The second kappa shape index (κ2) is 5.84. The van der Waals surface area contributed by atoms with Crippen molar-refractivity contribution in [2.24, 2.45) is 5.92 Å². The number of anilines is 2. The fourth-order valence-electron chi connectivity index (χ4n) is 2.63. The summed E-state index contributed by atoms with van der Waals surface area (Å²) in [6, 6.07) is 0.557. The van der Waals surface area contributed by atoms with Crippen molar-refractivity contribution in [3.05, 3.63) is 12.4 Å². The highest BCUT2D eigenvalue weighted by molar-refractivity contribution is 5.36. The van der Waals surface area contributed by atoms with E-state index < -0.39 is 0 Å². The van der Waals surface area contributed by atoms with Crippen molar-refractivity contribution in [3.8, 4) is 0 Å². The SMILES string of the molecule is CCCC1CCC(Nc2cnc(N)cn2)CC1. The van der Waals surface area contributed by atoms with Gasteiger partial charge in [-0.3, -0.25) is 0 Å². The lowest BCUT2D eigenvalue weighted by Crippen LogP contribution is -2.26. The largest absolute Gasteiger partial charge is 0.382 e. The Bertz CT molecular complexity index is 328. The van der Waals surface area contributed by atoms with E-state index in [-0.39, 0.29) is 0 Å². The van der Waals surface area contributed by atoms with Crippen LogP contribution in [0.2, 0.25) is 0 Å².